The van der Waals surface area contributed by atoms with Crippen molar-refractivity contribution in [1.29, 1.82) is 0 Å². The third-order valence-corrected chi connectivity index (χ3v) is 3.42. The molecule has 1 saturated heterocycles. The lowest BCUT2D eigenvalue weighted by Gasteiger charge is -2.31. The molecule has 1 atom stereocenters. The lowest BCUT2D eigenvalue weighted by Crippen LogP contribution is -2.47. The molecular weight excluding hydrogens is 272 g/mol. The second-order valence-electron chi connectivity index (χ2n) is 5.04. The first-order valence-electron chi connectivity index (χ1n) is 7.05. The van der Waals surface area contributed by atoms with E-state index in [0.29, 0.717) is 32.8 Å². The van der Waals surface area contributed by atoms with Crippen molar-refractivity contribution in [2.24, 2.45) is 0 Å². The van der Waals surface area contributed by atoms with Crippen molar-refractivity contribution >= 4 is 5.91 Å². The van der Waals surface area contributed by atoms with E-state index in [1.54, 1.807) is 7.11 Å². The summed E-state index contributed by atoms with van der Waals surface area (Å²) in [7, 11) is 1.62. The number of rotatable bonds is 6. The van der Waals surface area contributed by atoms with Gasteiger partial charge in [0.25, 0.3) is 0 Å². The van der Waals surface area contributed by atoms with Crippen LogP contribution in [-0.4, -0.2) is 62.0 Å². The van der Waals surface area contributed by atoms with Gasteiger partial charge in [-0.1, -0.05) is 12.1 Å². The number of hydrogen-bond donors (Lipinski definition) is 2. The summed E-state index contributed by atoms with van der Waals surface area (Å²) in [4.78, 5) is 13.9. The van der Waals surface area contributed by atoms with E-state index in [0.717, 1.165) is 11.3 Å². The fourth-order valence-electron chi connectivity index (χ4n) is 2.28. The number of aliphatic hydroxyl groups excluding tert-OH is 1. The van der Waals surface area contributed by atoms with Crippen LogP contribution < -0.4 is 10.1 Å². The van der Waals surface area contributed by atoms with Crippen molar-refractivity contribution in [1.82, 2.24) is 10.2 Å². The summed E-state index contributed by atoms with van der Waals surface area (Å²) in [6.07, 6.45) is -0.190. The van der Waals surface area contributed by atoms with E-state index in [2.05, 4.69) is 5.32 Å². The zero-order valence-electron chi connectivity index (χ0n) is 12.2. The van der Waals surface area contributed by atoms with Gasteiger partial charge in [-0.15, -0.1) is 0 Å². The molecule has 1 fully saturated rings. The Morgan fingerprint density at radius 3 is 3.19 bits per heavy atom. The Morgan fingerprint density at radius 1 is 1.57 bits per heavy atom. The van der Waals surface area contributed by atoms with Gasteiger partial charge in [0.05, 0.1) is 33.0 Å². The molecule has 0 spiro atoms. The predicted molar refractivity (Wildman–Crippen MR) is 78.1 cm³/mol. The summed E-state index contributed by atoms with van der Waals surface area (Å²) in [5, 5.41) is 12.0. The van der Waals surface area contributed by atoms with Crippen LogP contribution in [0.3, 0.4) is 0 Å². The zero-order chi connectivity index (χ0) is 15.1. The minimum absolute atomic E-state index is 0.0120. The van der Waals surface area contributed by atoms with E-state index >= 15 is 0 Å². The van der Waals surface area contributed by atoms with Gasteiger partial charge in [0.1, 0.15) is 5.75 Å². The Labute approximate surface area is 124 Å². The second-order valence-corrected chi connectivity index (χ2v) is 5.04. The van der Waals surface area contributed by atoms with Crippen molar-refractivity contribution in [3.8, 4) is 5.75 Å². The first kappa shape index (κ1) is 15.8. The van der Waals surface area contributed by atoms with Gasteiger partial charge >= 0.3 is 0 Å². The Kier molecular flexibility index (Phi) is 5.98. The molecule has 1 heterocycles. The Bertz CT molecular complexity index is 467. The van der Waals surface area contributed by atoms with E-state index in [1.165, 1.54) is 0 Å². The smallest absolute Gasteiger partial charge is 0.234 e. The molecule has 1 aromatic rings. The molecular formula is C15H22N2O4. The van der Waals surface area contributed by atoms with E-state index in [1.807, 2.05) is 29.2 Å². The highest BCUT2D eigenvalue weighted by Gasteiger charge is 2.21. The molecule has 0 aromatic heterocycles. The molecule has 1 aliphatic rings. The van der Waals surface area contributed by atoms with E-state index in [4.69, 9.17) is 14.6 Å². The number of methoxy groups -OCH3 is 1. The number of nitrogens with one attached hydrogen (secondary N) is 1. The predicted octanol–water partition coefficient (Wildman–Crippen LogP) is 0.00450. The summed E-state index contributed by atoms with van der Waals surface area (Å²) >= 11 is 0. The normalized spacial score (nSPS) is 19.2. The Hall–Kier alpha value is -1.63. The molecule has 0 radical (unpaired) electrons. The number of amides is 1. The monoisotopic (exact) mass is 294 g/mol. The Balaban J connectivity index is 1.76. The maximum atomic E-state index is 11.9. The average molecular weight is 294 g/mol. The Morgan fingerprint density at radius 2 is 2.43 bits per heavy atom. The molecule has 1 aromatic carbocycles. The number of hydrogen-bond acceptors (Lipinski definition) is 5. The van der Waals surface area contributed by atoms with Crippen molar-refractivity contribution in [2.75, 3.05) is 40.0 Å². The van der Waals surface area contributed by atoms with Gasteiger partial charge in [0.2, 0.25) is 5.91 Å². The molecule has 0 bridgehead atoms. The first-order chi connectivity index (χ1) is 10.2. The van der Waals surface area contributed by atoms with Crippen molar-refractivity contribution in [3.63, 3.8) is 0 Å². The van der Waals surface area contributed by atoms with Gasteiger partial charge in [-0.2, -0.15) is 0 Å². The highest BCUT2D eigenvalue weighted by molar-refractivity contribution is 5.78. The lowest BCUT2D eigenvalue weighted by atomic mass is 10.2. The van der Waals surface area contributed by atoms with E-state index in [9.17, 15) is 4.79 Å². The minimum atomic E-state index is -0.190. The first-order valence-corrected chi connectivity index (χ1v) is 7.05. The number of nitrogens with zero attached hydrogens (tertiary/aromatic N) is 1. The number of carbonyl (C=O) groups is 1. The van der Waals surface area contributed by atoms with Crippen LogP contribution in [0.5, 0.6) is 5.75 Å². The maximum Gasteiger partial charge on any atom is 0.234 e. The van der Waals surface area contributed by atoms with Crippen LogP contribution in [-0.2, 0) is 16.1 Å². The van der Waals surface area contributed by atoms with Crippen molar-refractivity contribution in [3.05, 3.63) is 29.8 Å². The number of aliphatic hydroxyl groups is 1. The van der Waals surface area contributed by atoms with Crippen molar-refractivity contribution in [2.45, 2.75) is 12.6 Å². The number of morpholine rings is 1. The number of benzene rings is 1. The third-order valence-electron chi connectivity index (χ3n) is 3.42. The van der Waals surface area contributed by atoms with Gasteiger partial charge in [0.15, 0.2) is 0 Å². The topological polar surface area (TPSA) is 71.0 Å². The number of carbonyl (C=O) groups excluding carboxylic acids is 1. The molecule has 6 heteroatoms. The molecule has 2 rings (SSSR count). The molecule has 116 valence electrons. The molecule has 1 unspecified atom stereocenters. The largest absolute Gasteiger partial charge is 0.497 e. The summed E-state index contributed by atoms with van der Waals surface area (Å²) in [6.45, 7) is 2.64. The molecule has 1 amide bonds. The van der Waals surface area contributed by atoms with Crippen molar-refractivity contribution < 1.29 is 19.4 Å². The molecule has 0 saturated carbocycles. The summed E-state index contributed by atoms with van der Waals surface area (Å²) in [5.41, 5.74) is 0.998. The molecule has 0 aliphatic carbocycles. The van der Waals surface area contributed by atoms with Crippen LogP contribution in [0.4, 0.5) is 0 Å². The van der Waals surface area contributed by atoms with Crippen LogP contribution in [0.25, 0.3) is 0 Å². The van der Waals surface area contributed by atoms with Gasteiger partial charge in [-0.3, -0.25) is 9.69 Å². The van der Waals surface area contributed by atoms with Gasteiger partial charge in [-0.25, -0.2) is 0 Å². The fourth-order valence-corrected chi connectivity index (χ4v) is 2.28. The average Bonchev–Trinajstić information content (AvgIpc) is 2.53. The summed E-state index contributed by atoms with van der Waals surface area (Å²) in [6, 6.07) is 7.61. The molecule has 1 aliphatic heterocycles. The minimum Gasteiger partial charge on any atom is -0.497 e. The van der Waals surface area contributed by atoms with Crippen LogP contribution in [0, 0.1) is 0 Å². The maximum absolute atomic E-state index is 11.9. The zero-order valence-corrected chi connectivity index (χ0v) is 12.2. The fraction of sp³-hybridized carbons (Fsp3) is 0.533. The third kappa shape index (κ3) is 5.00. The van der Waals surface area contributed by atoms with Gasteiger partial charge < -0.3 is 19.9 Å². The van der Waals surface area contributed by atoms with Gasteiger partial charge in [-0.05, 0) is 17.7 Å². The second kappa shape index (κ2) is 7.97. The highest BCUT2D eigenvalue weighted by atomic mass is 16.5. The van der Waals surface area contributed by atoms with E-state index < -0.39 is 0 Å². The molecule has 6 nitrogen and oxygen atoms in total. The highest BCUT2D eigenvalue weighted by Crippen LogP contribution is 2.12. The standard InChI is InChI=1S/C15H22N2O4/c1-20-13-4-2-3-12(7-13)8-16-15(19)10-17-5-6-21-14(9-17)11-18/h2-4,7,14,18H,5-6,8-11H2,1H3,(H,16,19). The number of ether oxygens (including phenoxy) is 2. The summed E-state index contributed by atoms with van der Waals surface area (Å²) in [5.74, 6) is 0.747. The lowest BCUT2D eigenvalue weighted by molar-refractivity contribution is -0.125. The van der Waals surface area contributed by atoms with Crippen LogP contribution in [0.2, 0.25) is 0 Å². The summed E-state index contributed by atoms with van der Waals surface area (Å²) < 4.78 is 10.5. The van der Waals surface area contributed by atoms with Crippen LogP contribution in [0.1, 0.15) is 5.56 Å². The van der Waals surface area contributed by atoms with Gasteiger partial charge in [0, 0.05) is 19.6 Å². The van der Waals surface area contributed by atoms with Crippen LogP contribution in [0.15, 0.2) is 24.3 Å². The molecule has 21 heavy (non-hydrogen) atoms. The quantitative estimate of drug-likeness (QED) is 0.773. The molecule has 2 N–H and O–H groups in total. The van der Waals surface area contributed by atoms with Crippen LogP contribution >= 0.6 is 0 Å². The SMILES string of the molecule is COc1cccc(CNC(=O)CN2CCOC(CO)C2)c1. The van der Waals surface area contributed by atoms with E-state index in [-0.39, 0.29) is 18.6 Å².